The highest BCUT2D eigenvalue weighted by Crippen LogP contribution is 2.24. The van der Waals surface area contributed by atoms with E-state index in [1.807, 2.05) is 30.6 Å². The first-order chi connectivity index (χ1) is 9.33. The quantitative estimate of drug-likeness (QED) is 0.679. The average molecular weight is 246 g/mol. The van der Waals surface area contributed by atoms with Crippen molar-refractivity contribution >= 4 is 0 Å². The van der Waals surface area contributed by atoms with E-state index in [-0.39, 0.29) is 0 Å². The van der Waals surface area contributed by atoms with E-state index >= 15 is 0 Å². The summed E-state index contributed by atoms with van der Waals surface area (Å²) in [5, 5.41) is 0. The molecule has 0 atom stereocenters. The number of aryl methyl sites for hydroxylation is 1. The smallest absolute Gasteiger partial charge is 0.0717 e. The fourth-order valence-corrected chi connectivity index (χ4v) is 2.02. The Balaban J connectivity index is 2.03. The van der Waals surface area contributed by atoms with E-state index < -0.39 is 0 Å². The molecule has 0 N–H and O–H groups in total. The van der Waals surface area contributed by atoms with E-state index in [2.05, 4.69) is 47.2 Å². The van der Waals surface area contributed by atoms with Crippen molar-refractivity contribution in [2.75, 3.05) is 0 Å². The first kappa shape index (κ1) is 11.6. The van der Waals surface area contributed by atoms with Crippen LogP contribution < -0.4 is 0 Å². The van der Waals surface area contributed by atoms with Crippen LogP contribution in [0, 0.1) is 6.92 Å². The van der Waals surface area contributed by atoms with E-state index in [9.17, 15) is 0 Å². The van der Waals surface area contributed by atoms with Gasteiger partial charge < -0.3 is 0 Å². The van der Waals surface area contributed by atoms with Gasteiger partial charge in [-0.15, -0.1) is 0 Å². The molecule has 0 spiro atoms. The van der Waals surface area contributed by atoms with Crippen molar-refractivity contribution in [3.63, 3.8) is 0 Å². The Morgan fingerprint density at radius 3 is 2.32 bits per heavy atom. The number of hydrogen-bond donors (Lipinski definition) is 0. The lowest BCUT2D eigenvalue weighted by atomic mass is 10.0. The maximum Gasteiger partial charge on any atom is 0.0717 e. The molecule has 1 aromatic carbocycles. The summed E-state index contributed by atoms with van der Waals surface area (Å²) in [6, 6.07) is 16.5. The van der Waals surface area contributed by atoms with Gasteiger partial charge in [-0.25, -0.2) is 0 Å². The summed E-state index contributed by atoms with van der Waals surface area (Å²) in [6.45, 7) is 2.09. The van der Waals surface area contributed by atoms with Crippen molar-refractivity contribution in [2.45, 2.75) is 6.92 Å². The van der Waals surface area contributed by atoms with Crippen LogP contribution >= 0.6 is 0 Å². The molecular weight excluding hydrogens is 232 g/mol. The highest BCUT2D eigenvalue weighted by Gasteiger charge is 2.02. The van der Waals surface area contributed by atoms with E-state index in [0.29, 0.717) is 0 Å². The Morgan fingerprint density at radius 2 is 1.58 bits per heavy atom. The van der Waals surface area contributed by atoms with Crippen LogP contribution in [0.2, 0.25) is 0 Å². The maximum atomic E-state index is 4.36. The van der Waals surface area contributed by atoms with Gasteiger partial charge in [0.25, 0.3) is 0 Å². The molecule has 0 amide bonds. The number of aromatic nitrogens is 2. The Kier molecular flexibility index (Phi) is 3.07. The summed E-state index contributed by atoms with van der Waals surface area (Å²) < 4.78 is 0. The number of hydrogen-bond acceptors (Lipinski definition) is 2. The summed E-state index contributed by atoms with van der Waals surface area (Å²) in [7, 11) is 0. The van der Waals surface area contributed by atoms with Crippen LogP contribution in [0.1, 0.15) is 5.56 Å². The first-order valence-corrected chi connectivity index (χ1v) is 6.26. The van der Waals surface area contributed by atoms with Crippen molar-refractivity contribution in [3.8, 4) is 22.4 Å². The molecule has 3 aromatic rings. The monoisotopic (exact) mass is 246 g/mol. The van der Waals surface area contributed by atoms with Gasteiger partial charge in [0.15, 0.2) is 0 Å². The lowest BCUT2D eigenvalue weighted by molar-refractivity contribution is 1.28. The standard InChI is InChI=1S/C17H14N2/c1-13-5-7-14(8-6-13)15-10-16(12-18-11-15)17-4-2-3-9-19-17/h2-12H,1H3. The molecule has 0 aliphatic rings. The van der Waals surface area contributed by atoms with Crippen molar-refractivity contribution in [1.29, 1.82) is 0 Å². The lowest BCUT2D eigenvalue weighted by Crippen LogP contribution is -1.86. The van der Waals surface area contributed by atoms with Crippen molar-refractivity contribution in [2.24, 2.45) is 0 Å². The number of benzene rings is 1. The Hall–Kier alpha value is -2.48. The molecule has 0 aliphatic heterocycles. The number of rotatable bonds is 2. The molecule has 0 bridgehead atoms. The Labute approximate surface area is 112 Å². The second-order valence-electron chi connectivity index (χ2n) is 4.54. The van der Waals surface area contributed by atoms with Gasteiger partial charge >= 0.3 is 0 Å². The fraction of sp³-hybridized carbons (Fsp3) is 0.0588. The molecule has 2 heterocycles. The van der Waals surface area contributed by atoms with E-state index in [1.54, 1.807) is 6.20 Å². The number of pyridine rings is 2. The maximum absolute atomic E-state index is 4.36. The zero-order valence-corrected chi connectivity index (χ0v) is 10.7. The van der Waals surface area contributed by atoms with Crippen molar-refractivity contribution < 1.29 is 0 Å². The second-order valence-corrected chi connectivity index (χ2v) is 4.54. The summed E-state index contributed by atoms with van der Waals surface area (Å²) in [4.78, 5) is 8.68. The van der Waals surface area contributed by atoms with Crippen LogP contribution in [0.15, 0.2) is 67.1 Å². The molecule has 0 saturated heterocycles. The lowest BCUT2D eigenvalue weighted by Gasteiger charge is -2.05. The predicted octanol–water partition coefficient (Wildman–Crippen LogP) is 4.12. The van der Waals surface area contributed by atoms with E-state index in [0.717, 1.165) is 16.8 Å². The molecule has 92 valence electrons. The molecular formula is C17H14N2. The van der Waals surface area contributed by atoms with Crippen LogP contribution in [0.3, 0.4) is 0 Å². The average Bonchev–Trinajstić information content (AvgIpc) is 2.49. The molecule has 0 unspecified atom stereocenters. The molecule has 0 aliphatic carbocycles. The highest BCUT2D eigenvalue weighted by atomic mass is 14.7. The van der Waals surface area contributed by atoms with Gasteiger partial charge in [-0.05, 0) is 30.7 Å². The zero-order valence-electron chi connectivity index (χ0n) is 10.7. The van der Waals surface area contributed by atoms with Crippen molar-refractivity contribution in [3.05, 3.63) is 72.7 Å². The molecule has 3 rings (SSSR count). The topological polar surface area (TPSA) is 25.8 Å². The minimum Gasteiger partial charge on any atom is -0.263 e. The predicted molar refractivity (Wildman–Crippen MR) is 77.6 cm³/mol. The van der Waals surface area contributed by atoms with Crippen LogP contribution in [-0.4, -0.2) is 9.97 Å². The summed E-state index contributed by atoms with van der Waals surface area (Å²) in [6.07, 6.45) is 5.53. The van der Waals surface area contributed by atoms with Gasteiger partial charge in [0.2, 0.25) is 0 Å². The number of nitrogens with zero attached hydrogens (tertiary/aromatic N) is 2. The van der Waals surface area contributed by atoms with Crippen LogP contribution in [-0.2, 0) is 0 Å². The largest absolute Gasteiger partial charge is 0.263 e. The second kappa shape index (κ2) is 5.02. The molecule has 19 heavy (non-hydrogen) atoms. The van der Waals surface area contributed by atoms with Crippen LogP contribution in [0.25, 0.3) is 22.4 Å². The van der Waals surface area contributed by atoms with Crippen LogP contribution in [0.4, 0.5) is 0 Å². The molecule has 2 heteroatoms. The molecule has 2 aromatic heterocycles. The molecule has 0 radical (unpaired) electrons. The molecule has 2 nitrogen and oxygen atoms in total. The van der Waals surface area contributed by atoms with Gasteiger partial charge in [0.1, 0.15) is 0 Å². The van der Waals surface area contributed by atoms with E-state index in [1.165, 1.54) is 11.1 Å². The SMILES string of the molecule is Cc1ccc(-c2cncc(-c3ccccn3)c2)cc1. The van der Waals surface area contributed by atoms with E-state index in [4.69, 9.17) is 0 Å². The van der Waals surface area contributed by atoms with Gasteiger partial charge in [-0.2, -0.15) is 0 Å². The summed E-state index contributed by atoms with van der Waals surface area (Å²) >= 11 is 0. The Bertz CT molecular complexity index is 673. The van der Waals surface area contributed by atoms with Crippen LogP contribution in [0.5, 0.6) is 0 Å². The Morgan fingerprint density at radius 1 is 0.789 bits per heavy atom. The minimum absolute atomic E-state index is 0.948. The van der Waals surface area contributed by atoms with Crippen molar-refractivity contribution in [1.82, 2.24) is 9.97 Å². The fourth-order valence-electron chi connectivity index (χ4n) is 2.02. The van der Waals surface area contributed by atoms with Gasteiger partial charge in [0, 0.05) is 29.7 Å². The zero-order chi connectivity index (χ0) is 13.1. The van der Waals surface area contributed by atoms with Gasteiger partial charge in [-0.1, -0.05) is 35.9 Å². The highest BCUT2D eigenvalue weighted by molar-refractivity contribution is 5.69. The normalized spacial score (nSPS) is 10.4. The van der Waals surface area contributed by atoms with Gasteiger partial charge in [0.05, 0.1) is 5.69 Å². The van der Waals surface area contributed by atoms with Gasteiger partial charge in [-0.3, -0.25) is 9.97 Å². The summed E-state index contributed by atoms with van der Waals surface area (Å²) in [5.74, 6) is 0. The molecule has 0 fully saturated rings. The minimum atomic E-state index is 0.948. The third-order valence-electron chi connectivity index (χ3n) is 3.08. The summed E-state index contributed by atoms with van der Waals surface area (Å²) in [5.41, 5.74) is 5.54. The molecule has 0 saturated carbocycles. The third kappa shape index (κ3) is 2.52. The first-order valence-electron chi connectivity index (χ1n) is 6.26. The third-order valence-corrected chi connectivity index (χ3v) is 3.08.